The third-order valence-electron chi connectivity index (χ3n) is 5.59. The Morgan fingerprint density at radius 1 is 1.29 bits per heavy atom. The lowest BCUT2D eigenvalue weighted by Crippen LogP contribution is -2.52. The van der Waals surface area contributed by atoms with E-state index in [-0.39, 0.29) is 17.7 Å². The van der Waals surface area contributed by atoms with Crippen LogP contribution in [-0.2, 0) is 20.8 Å². The van der Waals surface area contributed by atoms with Gasteiger partial charge in [-0.15, -0.1) is 0 Å². The van der Waals surface area contributed by atoms with Crippen molar-refractivity contribution in [3.8, 4) is 0 Å². The number of hydrogen-bond acceptors (Lipinski definition) is 3. The second-order valence-electron chi connectivity index (χ2n) is 7.79. The highest BCUT2D eigenvalue weighted by molar-refractivity contribution is 5.91. The number of H-pyrrole nitrogens is 1. The predicted octanol–water partition coefficient (Wildman–Crippen LogP) is 2.17. The van der Waals surface area contributed by atoms with E-state index in [0.717, 1.165) is 16.5 Å². The van der Waals surface area contributed by atoms with E-state index in [2.05, 4.69) is 10.3 Å². The molecule has 0 saturated carbocycles. The fourth-order valence-electron chi connectivity index (χ4n) is 3.84. The van der Waals surface area contributed by atoms with Crippen molar-refractivity contribution in [3.05, 3.63) is 36.0 Å². The van der Waals surface area contributed by atoms with Crippen LogP contribution < -0.4 is 5.32 Å². The maximum Gasteiger partial charge on any atom is 0.308 e. The van der Waals surface area contributed by atoms with Crippen LogP contribution in [-0.4, -0.2) is 51.4 Å². The minimum absolute atomic E-state index is 0.195. The van der Waals surface area contributed by atoms with Crippen LogP contribution in [0.2, 0.25) is 0 Å². The molecular weight excluding hydrogens is 358 g/mol. The lowest BCUT2D eigenvalue weighted by molar-refractivity contribution is -0.144. The van der Waals surface area contributed by atoms with Crippen molar-refractivity contribution >= 4 is 28.7 Å². The molecule has 3 atom stereocenters. The van der Waals surface area contributed by atoms with E-state index in [1.165, 1.54) is 0 Å². The van der Waals surface area contributed by atoms with E-state index in [0.29, 0.717) is 19.4 Å². The predicted molar refractivity (Wildman–Crippen MR) is 106 cm³/mol. The second-order valence-corrected chi connectivity index (χ2v) is 7.79. The summed E-state index contributed by atoms with van der Waals surface area (Å²) >= 11 is 0. The third-order valence-corrected chi connectivity index (χ3v) is 5.59. The van der Waals surface area contributed by atoms with E-state index in [1.54, 1.807) is 25.7 Å². The number of hydrogen-bond donors (Lipinski definition) is 3. The van der Waals surface area contributed by atoms with Gasteiger partial charge < -0.3 is 20.3 Å². The van der Waals surface area contributed by atoms with Gasteiger partial charge >= 0.3 is 5.97 Å². The first kappa shape index (κ1) is 19.9. The van der Waals surface area contributed by atoms with Crippen LogP contribution in [0.25, 0.3) is 10.9 Å². The van der Waals surface area contributed by atoms with Crippen molar-refractivity contribution in [1.29, 1.82) is 0 Å². The SMILES string of the molecule is CC(C)C(=O)NC(Cc1c[nH]c2ccccc12)C(=O)N1CCC(C(=O)O)C1C. The summed E-state index contributed by atoms with van der Waals surface area (Å²) in [6.45, 7) is 5.71. The summed E-state index contributed by atoms with van der Waals surface area (Å²) < 4.78 is 0. The number of carboxylic acid groups (broad SMARTS) is 1. The molecule has 3 N–H and O–H groups in total. The van der Waals surface area contributed by atoms with Crippen LogP contribution in [0.1, 0.15) is 32.8 Å². The Morgan fingerprint density at radius 3 is 2.64 bits per heavy atom. The van der Waals surface area contributed by atoms with Crippen LogP contribution in [0, 0.1) is 11.8 Å². The number of nitrogens with one attached hydrogen (secondary N) is 2. The van der Waals surface area contributed by atoms with Crippen molar-refractivity contribution in [3.63, 3.8) is 0 Å². The van der Waals surface area contributed by atoms with Gasteiger partial charge in [0, 0.05) is 42.0 Å². The summed E-state index contributed by atoms with van der Waals surface area (Å²) in [6.07, 6.45) is 2.64. The van der Waals surface area contributed by atoms with Crippen LogP contribution >= 0.6 is 0 Å². The second kappa shape index (κ2) is 8.04. The summed E-state index contributed by atoms with van der Waals surface area (Å²) in [7, 11) is 0. The first-order valence-corrected chi connectivity index (χ1v) is 9.68. The number of likely N-dealkylation sites (tertiary alicyclic amines) is 1. The van der Waals surface area contributed by atoms with Gasteiger partial charge in [-0.1, -0.05) is 32.0 Å². The average Bonchev–Trinajstić information content (AvgIpc) is 3.24. The van der Waals surface area contributed by atoms with Crippen LogP contribution in [0.4, 0.5) is 0 Å². The van der Waals surface area contributed by atoms with Crippen LogP contribution in [0.15, 0.2) is 30.5 Å². The molecule has 1 aromatic heterocycles. The molecular formula is C21H27N3O4. The van der Waals surface area contributed by atoms with Gasteiger partial charge in [0.05, 0.1) is 5.92 Å². The lowest BCUT2D eigenvalue weighted by Gasteiger charge is -2.29. The first-order chi connectivity index (χ1) is 13.3. The monoisotopic (exact) mass is 385 g/mol. The first-order valence-electron chi connectivity index (χ1n) is 9.68. The number of aliphatic carboxylic acids is 1. The van der Waals surface area contributed by atoms with E-state index >= 15 is 0 Å². The number of aromatic amines is 1. The molecule has 2 heterocycles. The Hall–Kier alpha value is -2.83. The number of fused-ring (bicyclic) bond motifs is 1. The van der Waals surface area contributed by atoms with Crippen molar-refractivity contribution in [2.24, 2.45) is 11.8 Å². The van der Waals surface area contributed by atoms with Crippen molar-refractivity contribution in [2.45, 2.75) is 45.7 Å². The summed E-state index contributed by atoms with van der Waals surface area (Å²) in [4.78, 5) is 41.8. The molecule has 7 heteroatoms. The Labute approximate surface area is 164 Å². The van der Waals surface area contributed by atoms with Crippen molar-refractivity contribution in [2.75, 3.05) is 6.54 Å². The zero-order chi connectivity index (χ0) is 20.4. The number of para-hydroxylation sites is 1. The molecule has 7 nitrogen and oxygen atoms in total. The highest BCUT2D eigenvalue weighted by Crippen LogP contribution is 2.26. The molecule has 1 aromatic carbocycles. The van der Waals surface area contributed by atoms with Gasteiger partial charge in [-0.25, -0.2) is 0 Å². The van der Waals surface area contributed by atoms with Gasteiger partial charge in [-0.3, -0.25) is 14.4 Å². The maximum absolute atomic E-state index is 13.3. The van der Waals surface area contributed by atoms with E-state index in [9.17, 15) is 19.5 Å². The molecule has 28 heavy (non-hydrogen) atoms. The molecule has 0 spiro atoms. The number of amides is 2. The fraction of sp³-hybridized carbons (Fsp3) is 0.476. The molecule has 3 unspecified atom stereocenters. The average molecular weight is 385 g/mol. The summed E-state index contributed by atoms with van der Waals surface area (Å²) in [5, 5.41) is 13.2. The minimum atomic E-state index is -0.887. The molecule has 0 radical (unpaired) electrons. The van der Waals surface area contributed by atoms with E-state index in [1.807, 2.05) is 30.5 Å². The van der Waals surface area contributed by atoms with Gasteiger partial charge in [-0.05, 0) is 25.0 Å². The number of carbonyl (C=O) groups is 3. The largest absolute Gasteiger partial charge is 0.481 e. The number of rotatable bonds is 6. The van der Waals surface area contributed by atoms with Gasteiger partial charge in [0.15, 0.2) is 0 Å². The van der Waals surface area contributed by atoms with Crippen molar-refractivity contribution < 1.29 is 19.5 Å². The normalized spacial score (nSPS) is 20.5. The van der Waals surface area contributed by atoms with Gasteiger partial charge in [0.25, 0.3) is 0 Å². The van der Waals surface area contributed by atoms with Crippen LogP contribution in [0.5, 0.6) is 0 Å². The van der Waals surface area contributed by atoms with E-state index in [4.69, 9.17) is 0 Å². The molecule has 150 valence electrons. The zero-order valence-corrected chi connectivity index (χ0v) is 16.4. The molecule has 1 aliphatic rings. The van der Waals surface area contributed by atoms with E-state index < -0.39 is 24.0 Å². The zero-order valence-electron chi connectivity index (χ0n) is 16.4. The Kier molecular flexibility index (Phi) is 5.72. The molecule has 0 aliphatic carbocycles. The number of aromatic nitrogens is 1. The van der Waals surface area contributed by atoms with Crippen molar-refractivity contribution in [1.82, 2.24) is 15.2 Å². The van der Waals surface area contributed by atoms with Gasteiger partial charge in [0.2, 0.25) is 11.8 Å². The number of carbonyl (C=O) groups excluding carboxylic acids is 2. The highest BCUT2D eigenvalue weighted by atomic mass is 16.4. The number of carboxylic acids is 1. The standard InChI is InChI=1S/C21H27N3O4/c1-12(2)19(25)23-18(10-14-11-22-17-7-5-4-6-16(14)17)20(26)24-9-8-15(13(24)3)21(27)28/h4-7,11-13,15,18,22H,8-10H2,1-3H3,(H,23,25)(H,27,28). The fourth-order valence-corrected chi connectivity index (χ4v) is 3.84. The summed E-state index contributed by atoms with van der Waals surface area (Å²) in [5.74, 6) is -2.13. The van der Waals surface area contributed by atoms with Gasteiger partial charge in [0.1, 0.15) is 6.04 Å². The smallest absolute Gasteiger partial charge is 0.308 e. The number of nitrogens with zero attached hydrogens (tertiary/aromatic N) is 1. The summed E-state index contributed by atoms with van der Waals surface area (Å²) in [5.41, 5.74) is 1.92. The molecule has 3 rings (SSSR count). The molecule has 2 amide bonds. The maximum atomic E-state index is 13.3. The quantitative estimate of drug-likeness (QED) is 0.709. The molecule has 1 aliphatic heterocycles. The minimum Gasteiger partial charge on any atom is -0.481 e. The van der Waals surface area contributed by atoms with Gasteiger partial charge in [-0.2, -0.15) is 0 Å². The molecule has 2 aromatic rings. The Bertz CT molecular complexity index is 889. The topological polar surface area (TPSA) is 103 Å². The highest BCUT2D eigenvalue weighted by Gasteiger charge is 2.40. The van der Waals surface area contributed by atoms with Crippen LogP contribution in [0.3, 0.4) is 0 Å². The Morgan fingerprint density at radius 2 is 2.00 bits per heavy atom. The molecule has 1 fully saturated rings. The third kappa shape index (κ3) is 3.88. The number of benzene rings is 1. The summed E-state index contributed by atoms with van der Waals surface area (Å²) in [6, 6.07) is 6.68. The lowest BCUT2D eigenvalue weighted by atomic mass is 10.0. The Balaban J connectivity index is 1.85. The molecule has 1 saturated heterocycles. The molecule has 0 bridgehead atoms.